The number of nitrogens with one attached hydrogen (secondary N) is 1. The fraction of sp³-hybridized carbons (Fsp3) is 0.400. The van der Waals surface area contributed by atoms with Crippen molar-refractivity contribution in [1.29, 1.82) is 0 Å². The molecule has 4 heteroatoms. The average molecular weight is 274 g/mol. The van der Waals surface area contributed by atoms with Crippen LogP contribution in [0.2, 0.25) is 0 Å². The highest BCUT2D eigenvalue weighted by molar-refractivity contribution is 7.99. The summed E-state index contributed by atoms with van der Waals surface area (Å²) < 4.78 is 5.26. The molecular weight excluding hydrogens is 256 g/mol. The van der Waals surface area contributed by atoms with Gasteiger partial charge in [-0.1, -0.05) is 0 Å². The fourth-order valence-corrected chi connectivity index (χ4v) is 3.69. The molecule has 1 aromatic heterocycles. The zero-order valence-electron chi connectivity index (χ0n) is 11.1. The molecule has 1 saturated heterocycles. The van der Waals surface area contributed by atoms with Crippen molar-refractivity contribution in [2.45, 2.75) is 6.42 Å². The first-order valence-corrected chi connectivity index (χ1v) is 7.76. The molecule has 1 aliphatic rings. The number of ether oxygens (including phenoxy) is 1. The summed E-state index contributed by atoms with van der Waals surface area (Å²) in [5.41, 5.74) is 0. The van der Waals surface area contributed by atoms with E-state index in [1.807, 2.05) is 36.2 Å². The minimum Gasteiger partial charge on any atom is -0.497 e. The lowest BCUT2D eigenvalue weighted by Crippen LogP contribution is -2.14. The Morgan fingerprint density at radius 1 is 1.42 bits per heavy atom. The summed E-state index contributed by atoms with van der Waals surface area (Å²) in [6.45, 7) is 1.02. The first-order valence-electron chi connectivity index (χ1n) is 6.61. The monoisotopic (exact) mass is 274 g/mol. The molecule has 0 spiro atoms. The van der Waals surface area contributed by atoms with Gasteiger partial charge in [-0.25, -0.2) is 4.98 Å². The Labute approximate surface area is 117 Å². The van der Waals surface area contributed by atoms with Crippen molar-refractivity contribution < 1.29 is 4.74 Å². The van der Waals surface area contributed by atoms with Gasteiger partial charge in [0.1, 0.15) is 11.6 Å². The molecule has 2 heterocycles. The zero-order valence-corrected chi connectivity index (χ0v) is 11.9. The molecule has 3 rings (SSSR count). The van der Waals surface area contributed by atoms with Gasteiger partial charge in [-0.3, -0.25) is 0 Å². The van der Waals surface area contributed by atoms with Crippen LogP contribution >= 0.6 is 11.8 Å². The number of thioether (sulfide) groups is 1. The van der Waals surface area contributed by atoms with E-state index in [-0.39, 0.29) is 0 Å². The fourth-order valence-electron chi connectivity index (χ4n) is 2.41. The van der Waals surface area contributed by atoms with Gasteiger partial charge in [0.05, 0.1) is 7.11 Å². The summed E-state index contributed by atoms with van der Waals surface area (Å²) in [5.74, 6) is 5.21. The van der Waals surface area contributed by atoms with E-state index >= 15 is 0 Å². The third kappa shape index (κ3) is 2.78. The lowest BCUT2D eigenvalue weighted by Gasteiger charge is -2.12. The van der Waals surface area contributed by atoms with Gasteiger partial charge >= 0.3 is 0 Å². The number of pyridine rings is 1. The van der Waals surface area contributed by atoms with Gasteiger partial charge in [-0.05, 0) is 53.5 Å². The molecule has 0 bridgehead atoms. The van der Waals surface area contributed by atoms with Crippen molar-refractivity contribution in [3.8, 4) is 5.75 Å². The molecular formula is C15H18N2OS. The van der Waals surface area contributed by atoms with Crippen molar-refractivity contribution in [3.05, 3.63) is 30.5 Å². The van der Waals surface area contributed by atoms with Gasteiger partial charge in [0, 0.05) is 18.1 Å². The van der Waals surface area contributed by atoms with Crippen molar-refractivity contribution in [1.82, 2.24) is 4.98 Å². The van der Waals surface area contributed by atoms with E-state index in [9.17, 15) is 0 Å². The maximum Gasteiger partial charge on any atom is 0.133 e. The lowest BCUT2D eigenvalue weighted by molar-refractivity contribution is 0.415. The summed E-state index contributed by atoms with van der Waals surface area (Å²) in [6, 6.07) is 8.13. The molecule has 1 aromatic carbocycles. The number of benzene rings is 1. The predicted octanol–water partition coefficient (Wildman–Crippen LogP) is 3.41. The number of methoxy groups -OCH3 is 1. The van der Waals surface area contributed by atoms with Crippen molar-refractivity contribution >= 4 is 28.4 Å². The molecule has 0 amide bonds. The molecule has 2 aromatic rings. The molecule has 19 heavy (non-hydrogen) atoms. The summed E-state index contributed by atoms with van der Waals surface area (Å²) in [4.78, 5) is 4.46. The third-order valence-electron chi connectivity index (χ3n) is 3.55. The molecule has 1 fully saturated rings. The topological polar surface area (TPSA) is 34.1 Å². The van der Waals surface area contributed by atoms with Crippen LogP contribution in [0.1, 0.15) is 6.42 Å². The highest BCUT2D eigenvalue weighted by Gasteiger charge is 2.15. The highest BCUT2D eigenvalue weighted by Crippen LogP contribution is 2.27. The molecule has 0 aliphatic carbocycles. The minimum absolute atomic E-state index is 0.778. The van der Waals surface area contributed by atoms with Crippen molar-refractivity contribution in [2.24, 2.45) is 5.92 Å². The summed E-state index contributed by atoms with van der Waals surface area (Å²) in [7, 11) is 1.69. The quantitative estimate of drug-likeness (QED) is 0.926. The SMILES string of the molecule is COc1ccc2c(NCC3CCSC3)nccc2c1. The van der Waals surface area contributed by atoms with E-state index in [4.69, 9.17) is 4.74 Å². The number of hydrogen-bond donors (Lipinski definition) is 1. The molecule has 1 atom stereocenters. The second-order valence-corrected chi connectivity index (χ2v) is 6.01. The molecule has 0 radical (unpaired) electrons. The summed E-state index contributed by atoms with van der Waals surface area (Å²) >= 11 is 2.05. The van der Waals surface area contributed by atoms with E-state index in [0.29, 0.717) is 0 Å². The first-order chi connectivity index (χ1) is 9.36. The van der Waals surface area contributed by atoms with E-state index in [2.05, 4.69) is 16.4 Å². The third-order valence-corrected chi connectivity index (χ3v) is 4.79. The standard InChI is InChI=1S/C15H18N2OS/c1-18-13-2-3-14-12(8-13)4-6-16-15(14)17-9-11-5-7-19-10-11/h2-4,6,8,11H,5,7,9-10H2,1H3,(H,16,17). The number of fused-ring (bicyclic) bond motifs is 1. The Bertz CT molecular complexity index is 567. The van der Waals surface area contributed by atoms with Crippen LogP contribution in [0.3, 0.4) is 0 Å². The summed E-state index contributed by atoms with van der Waals surface area (Å²) in [6.07, 6.45) is 3.17. The normalized spacial score (nSPS) is 18.7. The van der Waals surface area contributed by atoms with Gasteiger partial charge in [-0.15, -0.1) is 0 Å². The number of hydrogen-bond acceptors (Lipinski definition) is 4. The average Bonchev–Trinajstić information content (AvgIpc) is 2.97. The highest BCUT2D eigenvalue weighted by atomic mass is 32.2. The van der Waals surface area contributed by atoms with Crippen LogP contribution in [-0.2, 0) is 0 Å². The van der Waals surface area contributed by atoms with E-state index in [1.165, 1.54) is 17.9 Å². The molecule has 1 aliphatic heterocycles. The largest absolute Gasteiger partial charge is 0.497 e. The molecule has 100 valence electrons. The smallest absolute Gasteiger partial charge is 0.133 e. The van der Waals surface area contributed by atoms with Crippen LogP contribution in [0.25, 0.3) is 10.8 Å². The van der Waals surface area contributed by atoms with Gasteiger partial charge in [-0.2, -0.15) is 11.8 Å². The Hall–Kier alpha value is -1.42. The van der Waals surface area contributed by atoms with Crippen molar-refractivity contribution in [3.63, 3.8) is 0 Å². The Morgan fingerprint density at radius 2 is 2.37 bits per heavy atom. The van der Waals surface area contributed by atoms with Crippen LogP contribution < -0.4 is 10.1 Å². The van der Waals surface area contributed by atoms with Crippen LogP contribution in [0.4, 0.5) is 5.82 Å². The van der Waals surface area contributed by atoms with Gasteiger partial charge in [0.25, 0.3) is 0 Å². The van der Waals surface area contributed by atoms with Gasteiger partial charge in [0.2, 0.25) is 0 Å². The Kier molecular flexibility index (Phi) is 3.78. The number of nitrogens with zero attached hydrogens (tertiary/aromatic N) is 1. The van der Waals surface area contributed by atoms with Crippen LogP contribution in [0.15, 0.2) is 30.5 Å². The van der Waals surface area contributed by atoms with E-state index in [0.717, 1.165) is 34.8 Å². The predicted molar refractivity (Wildman–Crippen MR) is 82.2 cm³/mol. The number of aromatic nitrogens is 1. The van der Waals surface area contributed by atoms with Crippen LogP contribution in [-0.4, -0.2) is 30.1 Å². The second kappa shape index (κ2) is 5.70. The van der Waals surface area contributed by atoms with Crippen LogP contribution in [0.5, 0.6) is 5.75 Å². The van der Waals surface area contributed by atoms with Crippen LogP contribution in [0, 0.1) is 5.92 Å². The maximum atomic E-state index is 5.26. The van der Waals surface area contributed by atoms with E-state index in [1.54, 1.807) is 7.11 Å². The zero-order chi connectivity index (χ0) is 13.1. The first kappa shape index (κ1) is 12.6. The maximum absolute atomic E-state index is 5.26. The summed E-state index contributed by atoms with van der Waals surface area (Å²) in [5, 5.41) is 5.83. The second-order valence-electron chi connectivity index (χ2n) is 4.86. The van der Waals surface area contributed by atoms with Crippen molar-refractivity contribution in [2.75, 3.05) is 30.5 Å². The molecule has 0 saturated carbocycles. The van der Waals surface area contributed by atoms with Gasteiger partial charge < -0.3 is 10.1 Å². The minimum atomic E-state index is 0.778. The van der Waals surface area contributed by atoms with Gasteiger partial charge in [0.15, 0.2) is 0 Å². The Morgan fingerprint density at radius 3 is 3.16 bits per heavy atom. The Balaban J connectivity index is 1.82. The number of rotatable bonds is 4. The van der Waals surface area contributed by atoms with E-state index < -0.39 is 0 Å². The lowest BCUT2D eigenvalue weighted by atomic mass is 10.1. The molecule has 1 N–H and O–H groups in total. The number of anilines is 1. The molecule has 1 unspecified atom stereocenters. The molecule has 3 nitrogen and oxygen atoms in total.